The van der Waals surface area contributed by atoms with Crippen LogP contribution in [0.3, 0.4) is 0 Å². The number of carbonyl (C=O) groups excluding carboxylic acids is 2. The molecule has 2 saturated heterocycles. The van der Waals surface area contributed by atoms with Crippen LogP contribution >= 0.6 is 11.3 Å². The Labute approximate surface area is 216 Å². The molecule has 0 unspecified atom stereocenters. The highest BCUT2D eigenvalue weighted by Gasteiger charge is 2.28. The zero-order valence-electron chi connectivity index (χ0n) is 20.8. The summed E-state index contributed by atoms with van der Waals surface area (Å²) in [7, 11) is 0. The molecule has 36 heavy (non-hydrogen) atoms. The van der Waals surface area contributed by atoms with E-state index in [2.05, 4.69) is 26.3 Å². The molecule has 192 valence electrons. The number of rotatable bonds is 6. The molecule has 1 aliphatic carbocycles. The van der Waals surface area contributed by atoms with Crippen LogP contribution < -0.4 is 10.2 Å². The van der Waals surface area contributed by atoms with Gasteiger partial charge >= 0.3 is 6.03 Å². The Morgan fingerprint density at radius 3 is 2.58 bits per heavy atom. The Balaban J connectivity index is 1.06. The molecule has 2 aromatic rings. The molecule has 2 aliphatic heterocycles. The number of piperazine rings is 1. The predicted molar refractivity (Wildman–Crippen MR) is 140 cm³/mol. The van der Waals surface area contributed by atoms with E-state index in [0.717, 1.165) is 62.8 Å². The lowest BCUT2D eigenvalue weighted by Gasteiger charge is -2.34. The maximum absolute atomic E-state index is 13.1. The van der Waals surface area contributed by atoms with Gasteiger partial charge in [-0.05, 0) is 44.9 Å². The minimum Gasteiger partial charge on any atom is -0.352 e. The molecule has 0 aromatic carbocycles. The minimum absolute atomic E-state index is 0.00110. The Morgan fingerprint density at radius 2 is 1.86 bits per heavy atom. The Morgan fingerprint density at radius 1 is 1.03 bits per heavy atom. The third-order valence-electron chi connectivity index (χ3n) is 7.42. The molecule has 10 heteroatoms. The van der Waals surface area contributed by atoms with Crippen molar-refractivity contribution in [3.63, 3.8) is 0 Å². The van der Waals surface area contributed by atoms with E-state index in [4.69, 9.17) is 4.98 Å². The third-order valence-corrected chi connectivity index (χ3v) is 8.43. The number of amides is 3. The number of aromatic nitrogens is 3. The number of urea groups is 1. The van der Waals surface area contributed by atoms with Gasteiger partial charge in [0.2, 0.25) is 0 Å². The summed E-state index contributed by atoms with van der Waals surface area (Å²) in [5.41, 5.74) is 2.03. The maximum atomic E-state index is 13.1. The largest absolute Gasteiger partial charge is 0.352 e. The SMILES string of the molecule is O=C(NCCC1=CCCCC1)N1CCC(c2nc(C(=O)N3CCN(c4cnccn4)CC3)cs2)CC1. The third kappa shape index (κ3) is 6.03. The van der Waals surface area contributed by atoms with E-state index < -0.39 is 0 Å². The van der Waals surface area contributed by atoms with Crippen LogP contribution in [0.4, 0.5) is 10.6 Å². The quantitative estimate of drug-likeness (QED) is 0.597. The first-order valence-electron chi connectivity index (χ1n) is 13.1. The minimum atomic E-state index is 0.00110. The van der Waals surface area contributed by atoms with Crippen LogP contribution in [0.5, 0.6) is 0 Å². The Bertz CT molecular complexity index is 1060. The molecule has 2 aromatic heterocycles. The van der Waals surface area contributed by atoms with Crippen molar-refractivity contribution in [3.05, 3.63) is 46.3 Å². The van der Waals surface area contributed by atoms with Gasteiger partial charge in [0.05, 0.1) is 11.2 Å². The number of nitrogens with zero attached hydrogens (tertiary/aromatic N) is 6. The smallest absolute Gasteiger partial charge is 0.317 e. The fourth-order valence-electron chi connectivity index (χ4n) is 5.23. The average Bonchev–Trinajstić information content (AvgIpc) is 3.44. The van der Waals surface area contributed by atoms with Gasteiger partial charge in [-0.1, -0.05) is 11.6 Å². The summed E-state index contributed by atoms with van der Waals surface area (Å²) < 4.78 is 0. The number of hydrogen-bond donors (Lipinski definition) is 1. The molecule has 2 fully saturated rings. The van der Waals surface area contributed by atoms with E-state index in [0.29, 0.717) is 24.7 Å². The van der Waals surface area contributed by atoms with Crippen LogP contribution in [0.2, 0.25) is 0 Å². The molecule has 0 radical (unpaired) electrons. The van der Waals surface area contributed by atoms with Gasteiger partial charge in [-0.15, -0.1) is 11.3 Å². The van der Waals surface area contributed by atoms with E-state index in [1.165, 1.54) is 31.3 Å². The van der Waals surface area contributed by atoms with E-state index in [1.54, 1.807) is 29.9 Å². The topological polar surface area (TPSA) is 94.6 Å². The summed E-state index contributed by atoms with van der Waals surface area (Å²) in [5, 5.41) is 6.00. The van der Waals surface area contributed by atoms with E-state index in [-0.39, 0.29) is 11.9 Å². The fourth-order valence-corrected chi connectivity index (χ4v) is 6.20. The number of allylic oxidation sites excluding steroid dienone is 1. The average molecular weight is 510 g/mol. The molecular weight excluding hydrogens is 474 g/mol. The summed E-state index contributed by atoms with van der Waals surface area (Å²) in [6.45, 7) is 4.94. The van der Waals surface area contributed by atoms with Crippen molar-refractivity contribution in [2.45, 2.75) is 50.9 Å². The van der Waals surface area contributed by atoms with E-state index in [9.17, 15) is 9.59 Å². The lowest BCUT2D eigenvalue weighted by Crippen LogP contribution is -2.49. The van der Waals surface area contributed by atoms with Gasteiger partial charge in [0.25, 0.3) is 5.91 Å². The molecule has 0 saturated carbocycles. The summed E-state index contributed by atoms with van der Waals surface area (Å²) in [6.07, 6.45) is 15.1. The van der Waals surface area contributed by atoms with Crippen LogP contribution in [0.1, 0.15) is 66.4 Å². The second kappa shape index (κ2) is 11.8. The lowest BCUT2D eigenvalue weighted by molar-refractivity contribution is 0.0741. The Kier molecular flexibility index (Phi) is 8.10. The molecular formula is C26H35N7O2S. The van der Waals surface area contributed by atoms with Gasteiger partial charge in [-0.2, -0.15) is 0 Å². The molecule has 3 aliphatic rings. The summed E-state index contributed by atoms with van der Waals surface area (Å²) in [5.74, 6) is 1.16. The highest BCUT2D eigenvalue weighted by Crippen LogP contribution is 2.31. The van der Waals surface area contributed by atoms with Crippen molar-refractivity contribution in [2.24, 2.45) is 0 Å². The number of thiazole rings is 1. The van der Waals surface area contributed by atoms with Crippen molar-refractivity contribution in [1.82, 2.24) is 30.1 Å². The van der Waals surface area contributed by atoms with Gasteiger partial charge in [-0.25, -0.2) is 14.8 Å². The zero-order chi connectivity index (χ0) is 24.7. The van der Waals surface area contributed by atoms with Crippen LogP contribution in [0.15, 0.2) is 35.6 Å². The molecule has 5 rings (SSSR count). The van der Waals surface area contributed by atoms with Crippen molar-refractivity contribution in [1.29, 1.82) is 0 Å². The van der Waals surface area contributed by atoms with Gasteiger partial charge < -0.3 is 20.0 Å². The van der Waals surface area contributed by atoms with E-state index >= 15 is 0 Å². The number of nitrogens with one attached hydrogen (secondary N) is 1. The molecule has 0 bridgehead atoms. The second-order valence-electron chi connectivity index (χ2n) is 9.77. The van der Waals surface area contributed by atoms with Crippen LogP contribution in [-0.2, 0) is 0 Å². The summed E-state index contributed by atoms with van der Waals surface area (Å²) in [4.78, 5) is 44.8. The molecule has 3 amide bonds. The van der Waals surface area contributed by atoms with Crippen LogP contribution in [0, 0.1) is 0 Å². The summed E-state index contributed by atoms with van der Waals surface area (Å²) in [6, 6.07) is 0.0421. The first-order chi connectivity index (χ1) is 17.7. The van der Waals surface area contributed by atoms with Crippen molar-refractivity contribution in [3.8, 4) is 0 Å². The maximum Gasteiger partial charge on any atom is 0.317 e. The standard InChI is InChI=1S/C26H35N7O2S/c34-25(32-16-14-31(15-17-32)23-18-27-10-11-28-23)22-19-36-24(30-22)21-7-12-33(13-8-21)26(35)29-9-6-20-4-2-1-3-5-20/h4,10-11,18-19,21H,1-3,5-9,12-17H2,(H,29,35). The van der Waals surface area contributed by atoms with Crippen LogP contribution in [-0.4, -0.2) is 82.5 Å². The number of hydrogen-bond acceptors (Lipinski definition) is 7. The van der Waals surface area contributed by atoms with E-state index in [1.807, 2.05) is 15.2 Å². The van der Waals surface area contributed by atoms with Crippen molar-refractivity contribution >= 4 is 29.1 Å². The number of anilines is 1. The highest BCUT2D eigenvalue weighted by molar-refractivity contribution is 7.09. The first-order valence-corrected chi connectivity index (χ1v) is 14.0. The Hall–Kier alpha value is -3.01. The van der Waals surface area contributed by atoms with Gasteiger partial charge in [-0.3, -0.25) is 9.78 Å². The molecule has 0 spiro atoms. The van der Waals surface area contributed by atoms with Crippen molar-refractivity contribution in [2.75, 3.05) is 50.7 Å². The molecule has 4 heterocycles. The number of carbonyl (C=O) groups is 2. The molecule has 0 atom stereocenters. The predicted octanol–water partition coefficient (Wildman–Crippen LogP) is 3.68. The van der Waals surface area contributed by atoms with Gasteiger partial charge in [0, 0.05) is 69.5 Å². The van der Waals surface area contributed by atoms with Crippen molar-refractivity contribution < 1.29 is 9.59 Å². The summed E-state index contributed by atoms with van der Waals surface area (Å²) >= 11 is 1.57. The zero-order valence-corrected chi connectivity index (χ0v) is 21.6. The lowest BCUT2D eigenvalue weighted by atomic mass is 9.97. The normalized spacial score (nSPS) is 19.2. The second-order valence-corrected chi connectivity index (χ2v) is 10.7. The highest BCUT2D eigenvalue weighted by atomic mass is 32.1. The van der Waals surface area contributed by atoms with Crippen LogP contribution in [0.25, 0.3) is 0 Å². The molecule has 9 nitrogen and oxygen atoms in total. The monoisotopic (exact) mass is 509 g/mol. The van der Waals surface area contributed by atoms with Gasteiger partial charge in [0.1, 0.15) is 11.5 Å². The molecule has 1 N–H and O–H groups in total. The first kappa shape index (κ1) is 24.7. The number of likely N-dealkylation sites (tertiary alicyclic amines) is 1. The fraction of sp³-hybridized carbons (Fsp3) is 0.577. The van der Waals surface area contributed by atoms with Gasteiger partial charge in [0.15, 0.2) is 0 Å². The number of piperidine rings is 1.